The molecule has 0 heterocycles. The lowest BCUT2D eigenvalue weighted by molar-refractivity contribution is -0.161. The smallest absolute Gasteiger partial charge is 0.462 e. The average Bonchev–Trinajstić information content (AvgIpc) is 3.08. The van der Waals surface area contributed by atoms with Crippen LogP contribution in [-0.4, -0.2) is 41.0 Å². The van der Waals surface area contributed by atoms with Crippen LogP contribution in [0.4, 0.5) is 0 Å². The van der Waals surface area contributed by atoms with Crippen LogP contribution in [-0.2, 0) is 28.2 Å². The number of hydrogen-bond donors (Lipinski definition) is 2. The molecule has 50 heavy (non-hydrogen) atoms. The average molecular weight is 725 g/mol. The Kier molecular flexibility index (Phi) is 35.3. The maximum atomic E-state index is 12.4. The number of carbonyl (C=O) groups is 2. The van der Waals surface area contributed by atoms with E-state index < -0.39 is 32.5 Å². The van der Waals surface area contributed by atoms with Gasteiger partial charge in [-0.3, -0.25) is 14.1 Å². The van der Waals surface area contributed by atoms with E-state index in [9.17, 15) is 14.2 Å². The van der Waals surface area contributed by atoms with E-state index >= 15 is 0 Å². The fourth-order valence-corrected chi connectivity index (χ4v) is 5.73. The number of phosphoric ester groups is 1. The summed E-state index contributed by atoms with van der Waals surface area (Å²) < 4.78 is 26.3. The highest BCUT2D eigenvalue weighted by Crippen LogP contribution is 2.36. The van der Waals surface area contributed by atoms with Gasteiger partial charge in [0.25, 0.3) is 0 Å². The first-order chi connectivity index (χ1) is 24.3. The van der Waals surface area contributed by atoms with Gasteiger partial charge in [0.2, 0.25) is 0 Å². The highest BCUT2D eigenvalue weighted by Gasteiger charge is 2.22. The lowest BCUT2D eigenvalue weighted by Crippen LogP contribution is -2.29. The second kappa shape index (κ2) is 36.8. The molecule has 0 bridgehead atoms. The number of hydrogen-bond acceptors (Lipinski definition) is 6. The summed E-state index contributed by atoms with van der Waals surface area (Å²) in [4.78, 5) is 42.7. The molecule has 0 aliphatic rings. The van der Waals surface area contributed by atoms with E-state index in [1.807, 2.05) is 6.08 Å². The molecule has 0 amide bonds. The van der Waals surface area contributed by atoms with Crippen molar-refractivity contribution in [2.45, 2.75) is 187 Å². The van der Waals surface area contributed by atoms with Crippen LogP contribution in [0, 0.1) is 0 Å². The molecule has 0 aliphatic heterocycles. The van der Waals surface area contributed by atoms with Crippen molar-refractivity contribution < 1.29 is 37.9 Å². The molecule has 0 spiro atoms. The Morgan fingerprint density at radius 3 is 1.40 bits per heavy atom. The molecule has 0 saturated carbocycles. The van der Waals surface area contributed by atoms with Crippen molar-refractivity contribution in [3.8, 4) is 0 Å². The number of rotatable bonds is 36. The van der Waals surface area contributed by atoms with E-state index in [4.69, 9.17) is 19.3 Å². The van der Waals surface area contributed by atoms with Gasteiger partial charge in [-0.2, -0.15) is 0 Å². The summed E-state index contributed by atoms with van der Waals surface area (Å²) in [6, 6.07) is 0. The lowest BCUT2D eigenvalue weighted by Gasteiger charge is -2.18. The van der Waals surface area contributed by atoms with Crippen LogP contribution in [0.3, 0.4) is 0 Å². The van der Waals surface area contributed by atoms with Crippen molar-refractivity contribution in [3.63, 3.8) is 0 Å². The van der Waals surface area contributed by atoms with Crippen LogP contribution in [0.25, 0.3) is 0 Å². The van der Waals surface area contributed by atoms with Gasteiger partial charge in [-0.15, -0.1) is 0 Å². The molecule has 0 radical (unpaired) electrons. The molecule has 0 aromatic rings. The molecule has 9 heteroatoms. The lowest BCUT2D eigenvalue weighted by atomic mass is 10.0. The minimum absolute atomic E-state index is 0.136. The number of esters is 2. The van der Waals surface area contributed by atoms with E-state index in [1.54, 1.807) is 0 Å². The molecule has 2 N–H and O–H groups in total. The van der Waals surface area contributed by atoms with Gasteiger partial charge in [0.05, 0.1) is 6.61 Å². The first kappa shape index (κ1) is 48.0. The van der Waals surface area contributed by atoms with Crippen LogP contribution in [0.15, 0.2) is 48.6 Å². The van der Waals surface area contributed by atoms with E-state index in [0.29, 0.717) is 12.8 Å². The Bertz CT molecular complexity index is 952. The maximum absolute atomic E-state index is 12.4. The Labute approximate surface area is 305 Å². The number of carbonyl (C=O) groups excluding carboxylic acids is 2. The predicted molar refractivity (Wildman–Crippen MR) is 207 cm³/mol. The summed E-state index contributed by atoms with van der Waals surface area (Å²) in [6.45, 7) is 3.61. The van der Waals surface area contributed by atoms with Crippen LogP contribution in [0.5, 0.6) is 0 Å². The SMILES string of the molecule is CCCCC/C=C/C/C=C\C/C=C/C/C=C/CCCC(=O)O[C@H](COC(=O)CCCCCCCCCCCCCCCCC)COP(=O)(O)O. The van der Waals surface area contributed by atoms with Crippen LogP contribution >= 0.6 is 7.82 Å². The van der Waals surface area contributed by atoms with Gasteiger partial charge in [-0.25, -0.2) is 4.57 Å². The zero-order chi connectivity index (χ0) is 36.8. The molecule has 1 atom stereocenters. The largest absolute Gasteiger partial charge is 0.469 e. The van der Waals surface area contributed by atoms with Crippen LogP contribution in [0.1, 0.15) is 181 Å². The summed E-state index contributed by atoms with van der Waals surface area (Å²) in [6.07, 6.45) is 44.1. The molecule has 290 valence electrons. The summed E-state index contributed by atoms with van der Waals surface area (Å²) in [5.41, 5.74) is 0. The Hall–Kier alpha value is -1.99. The first-order valence-corrected chi connectivity index (χ1v) is 21.5. The third kappa shape index (κ3) is 38.8. The molecule has 0 saturated heterocycles. The van der Waals surface area contributed by atoms with Crippen molar-refractivity contribution in [2.24, 2.45) is 0 Å². The van der Waals surface area contributed by atoms with Gasteiger partial charge in [-0.1, -0.05) is 165 Å². The van der Waals surface area contributed by atoms with Gasteiger partial charge in [0.15, 0.2) is 6.10 Å². The fraction of sp³-hybridized carbons (Fsp3) is 0.756. The summed E-state index contributed by atoms with van der Waals surface area (Å²) >= 11 is 0. The highest BCUT2D eigenvalue weighted by molar-refractivity contribution is 7.46. The number of allylic oxidation sites excluding steroid dienone is 8. The first-order valence-electron chi connectivity index (χ1n) is 19.9. The number of ether oxygens (including phenoxy) is 2. The van der Waals surface area contributed by atoms with Crippen LogP contribution in [0.2, 0.25) is 0 Å². The third-order valence-corrected chi connectivity index (χ3v) is 8.84. The van der Waals surface area contributed by atoms with E-state index in [-0.39, 0.29) is 19.4 Å². The molecule has 0 aromatic heterocycles. The molecular weight excluding hydrogens is 651 g/mol. The summed E-state index contributed by atoms with van der Waals surface area (Å²) in [5, 5.41) is 0. The molecule has 8 nitrogen and oxygen atoms in total. The summed E-state index contributed by atoms with van der Waals surface area (Å²) in [5.74, 6) is -0.948. The Morgan fingerprint density at radius 1 is 0.520 bits per heavy atom. The molecule has 0 unspecified atom stereocenters. The molecule has 0 fully saturated rings. The second-order valence-electron chi connectivity index (χ2n) is 13.3. The zero-order valence-corrected chi connectivity index (χ0v) is 32.7. The standard InChI is InChI=1S/C41H73O8P/c1-3-5-7-9-11-13-15-17-19-20-22-24-26-28-30-32-34-36-41(43)49-39(38-48-50(44,45)46)37-47-40(42)35-33-31-29-27-25-23-21-18-16-14-12-10-8-6-4-2/h11,13,17,19,22,24,28,30,39H,3-10,12,14-16,18,20-21,23,25-27,29,31-38H2,1-2H3,(H2,44,45,46)/b13-11+,19-17-,24-22+,30-28+/t39-/m1/s1. The third-order valence-electron chi connectivity index (χ3n) is 8.35. The molecule has 0 rings (SSSR count). The van der Waals surface area contributed by atoms with E-state index in [1.165, 1.54) is 103 Å². The van der Waals surface area contributed by atoms with Crippen molar-refractivity contribution in [3.05, 3.63) is 48.6 Å². The van der Waals surface area contributed by atoms with Gasteiger partial charge < -0.3 is 19.3 Å². The zero-order valence-electron chi connectivity index (χ0n) is 31.8. The molecular formula is C41H73O8P. The second-order valence-corrected chi connectivity index (χ2v) is 14.5. The van der Waals surface area contributed by atoms with Crippen molar-refractivity contribution in [1.82, 2.24) is 0 Å². The monoisotopic (exact) mass is 725 g/mol. The van der Waals surface area contributed by atoms with Gasteiger partial charge in [-0.05, 0) is 51.4 Å². The molecule has 0 aromatic carbocycles. The van der Waals surface area contributed by atoms with E-state index in [2.05, 4.69) is 60.9 Å². The molecule has 0 aliphatic carbocycles. The minimum atomic E-state index is -4.77. The Balaban J connectivity index is 4.04. The topological polar surface area (TPSA) is 119 Å². The normalized spacial score (nSPS) is 13.0. The van der Waals surface area contributed by atoms with Crippen LogP contribution < -0.4 is 0 Å². The van der Waals surface area contributed by atoms with Gasteiger partial charge in [0.1, 0.15) is 6.61 Å². The van der Waals surface area contributed by atoms with E-state index in [0.717, 1.165) is 38.5 Å². The number of phosphoric acid groups is 1. The minimum Gasteiger partial charge on any atom is -0.462 e. The quantitative estimate of drug-likeness (QED) is 0.0284. The predicted octanol–water partition coefficient (Wildman–Crippen LogP) is 12.0. The van der Waals surface area contributed by atoms with Crippen molar-refractivity contribution in [1.29, 1.82) is 0 Å². The summed E-state index contributed by atoms with van der Waals surface area (Å²) in [7, 11) is -4.77. The highest BCUT2D eigenvalue weighted by atomic mass is 31.2. The van der Waals surface area contributed by atoms with Gasteiger partial charge in [0, 0.05) is 12.8 Å². The Morgan fingerprint density at radius 2 is 0.920 bits per heavy atom. The fourth-order valence-electron chi connectivity index (χ4n) is 5.37. The van der Waals surface area contributed by atoms with Crippen molar-refractivity contribution in [2.75, 3.05) is 13.2 Å². The van der Waals surface area contributed by atoms with Gasteiger partial charge >= 0.3 is 19.8 Å². The maximum Gasteiger partial charge on any atom is 0.469 e. The number of unbranched alkanes of at least 4 members (excludes halogenated alkanes) is 18. The van der Waals surface area contributed by atoms with Crippen molar-refractivity contribution >= 4 is 19.8 Å².